The quantitative estimate of drug-likeness (QED) is 0.744. The number of esters is 1. The largest absolute Gasteiger partial charge is 0.465 e. The highest BCUT2D eigenvalue weighted by Gasteiger charge is 2.25. The Bertz CT molecular complexity index is 966. The van der Waals surface area contributed by atoms with Crippen molar-refractivity contribution >= 4 is 28.0 Å². The summed E-state index contributed by atoms with van der Waals surface area (Å²) in [5.74, 6) is -0.850. The molecule has 1 heterocycles. The lowest BCUT2D eigenvalue weighted by Crippen LogP contribution is -2.35. The van der Waals surface area contributed by atoms with Crippen LogP contribution in [0.5, 0.6) is 0 Å². The first-order valence-corrected chi connectivity index (χ1v) is 9.53. The summed E-state index contributed by atoms with van der Waals surface area (Å²) in [5, 5.41) is 2.30. The van der Waals surface area contributed by atoms with Crippen LogP contribution >= 0.6 is 0 Å². The molecule has 0 aliphatic carbocycles. The minimum absolute atomic E-state index is 0.0175. The highest BCUT2D eigenvalue weighted by molar-refractivity contribution is 7.90. The molecule has 1 aromatic heterocycles. The average molecular weight is 392 g/mol. The van der Waals surface area contributed by atoms with E-state index in [9.17, 15) is 18.0 Å². The number of carbonyl (C=O) groups is 2. The number of aromatic nitrogens is 2. The van der Waals surface area contributed by atoms with Gasteiger partial charge in [-0.3, -0.25) is 5.32 Å². The number of ether oxygens (including phenoxy) is 1. The smallest absolute Gasteiger partial charge is 0.339 e. The van der Waals surface area contributed by atoms with Gasteiger partial charge in [0.25, 0.3) is 10.0 Å². The fourth-order valence-corrected chi connectivity index (χ4v) is 3.69. The number of rotatable bonds is 5. The van der Waals surface area contributed by atoms with Gasteiger partial charge in [0.05, 0.1) is 12.7 Å². The number of hydrogen-bond donors (Lipinski definition) is 2. The van der Waals surface area contributed by atoms with Crippen LogP contribution in [0.4, 0.5) is 10.7 Å². The van der Waals surface area contributed by atoms with Crippen LogP contribution in [0, 0.1) is 13.8 Å². The number of carbonyl (C=O) groups excluding carboxylic acids is 2. The summed E-state index contributed by atoms with van der Waals surface area (Å²) in [4.78, 5) is 31.8. The SMILES string of the molecule is CCc1c(C)nc(NC(=O)NS(=O)(=O)c2ccccc2C(=O)OC)nc1C. The molecule has 0 spiro atoms. The van der Waals surface area contributed by atoms with Gasteiger partial charge in [-0.1, -0.05) is 19.1 Å². The van der Waals surface area contributed by atoms with Gasteiger partial charge in [0.1, 0.15) is 4.90 Å². The molecule has 0 bridgehead atoms. The van der Waals surface area contributed by atoms with Crippen molar-refractivity contribution in [2.24, 2.45) is 0 Å². The summed E-state index contributed by atoms with van der Waals surface area (Å²) in [6, 6.07) is 4.36. The Labute approximate surface area is 157 Å². The van der Waals surface area contributed by atoms with Gasteiger partial charge in [-0.25, -0.2) is 32.7 Å². The van der Waals surface area contributed by atoms with Gasteiger partial charge < -0.3 is 4.74 Å². The van der Waals surface area contributed by atoms with Gasteiger partial charge in [0, 0.05) is 11.4 Å². The number of sulfonamides is 1. The molecule has 0 unspecified atom stereocenters. The Morgan fingerprint density at radius 2 is 1.70 bits per heavy atom. The van der Waals surface area contributed by atoms with E-state index in [1.165, 1.54) is 24.3 Å². The van der Waals surface area contributed by atoms with Gasteiger partial charge in [0.15, 0.2) is 0 Å². The number of benzene rings is 1. The van der Waals surface area contributed by atoms with E-state index in [-0.39, 0.29) is 16.4 Å². The highest BCUT2D eigenvalue weighted by atomic mass is 32.2. The van der Waals surface area contributed by atoms with Crippen molar-refractivity contribution in [2.75, 3.05) is 12.4 Å². The molecule has 0 fully saturated rings. The summed E-state index contributed by atoms with van der Waals surface area (Å²) >= 11 is 0. The topological polar surface area (TPSA) is 127 Å². The van der Waals surface area contributed by atoms with Crippen molar-refractivity contribution in [1.82, 2.24) is 14.7 Å². The number of amides is 2. The summed E-state index contributed by atoms with van der Waals surface area (Å²) in [6.45, 7) is 5.52. The second-order valence-corrected chi connectivity index (χ2v) is 7.25. The zero-order chi connectivity index (χ0) is 20.2. The number of nitrogens with one attached hydrogen (secondary N) is 2. The summed E-state index contributed by atoms with van der Waals surface area (Å²) in [7, 11) is -3.18. The molecule has 0 radical (unpaired) electrons. The lowest BCUT2D eigenvalue weighted by atomic mass is 10.1. The maximum absolute atomic E-state index is 12.5. The van der Waals surface area contributed by atoms with Crippen LogP contribution in [0.1, 0.15) is 34.2 Å². The number of nitrogens with zero attached hydrogens (tertiary/aromatic N) is 2. The molecule has 0 aliphatic heterocycles. The van der Waals surface area contributed by atoms with Gasteiger partial charge in [0.2, 0.25) is 5.95 Å². The van der Waals surface area contributed by atoms with Crippen molar-refractivity contribution in [2.45, 2.75) is 32.1 Å². The van der Waals surface area contributed by atoms with E-state index in [1.807, 2.05) is 11.6 Å². The first-order chi connectivity index (χ1) is 12.7. The molecule has 9 nitrogen and oxygen atoms in total. The van der Waals surface area contributed by atoms with Crippen LogP contribution in [0.3, 0.4) is 0 Å². The Morgan fingerprint density at radius 3 is 2.26 bits per heavy atom. The van der Waals surface area contributed by atoms with E-state index in [0.717, 1.165) is 19.1 Å². The first kappa shape index (κ1) is 20.3. The predicted molar refractivity (Wildman–Crippen MR) is 98.0 cm³/mol. The summed E-state index contributed by atoms with van der Waals surface area (Å²) in [6.07, 6.45) is 0.739. The molecule has 0 saturated heterocycles. The van der Waals surface area contributed by atoms with E-state index >= 15 is 0 Å². The molecule has 0 aliphatic rings. The van der Waals surface area contributed by atoms with Gasteiger partial charge in [-0.15, -0.1) is 0 Å². The summed E-state index contributed by atoms with van der Waals surface area (Å²) < 4.78 is 31.4. The lowest BCUT2D eigenvalue weighted by Gasteiger charge is -2.12. The highest BCUT2D eigenvalue weighted by Crippen LogP contribution is 2.17. The van der Waals surface area contributed by atoms with Gasteiger partial charge >= 0.3 is 12.0 Å². The Morgan fingerprint density at radius 1 is 1.11 bits per heavy atom. The number of hydrogen-bond acceptors (Lipinski definition) is 7. The molecule has 10 heteroatoms. The molecular formula is C17H20N4O5S. The molecule has 27 heavy (non-hydrogen) atoms. The van der Waals surface area contributed by atoms with Gasteiger partial charge in [-0.2, -0.15) is 0 Å². The number of aryl methyl sites for hydroxylation is 2. The minimum atomic E-state index is -4.32. The molecule has 2 rings (SSSR count). The third kappa shape index (κ3) is 4.59. The van der Waals surface area contributed by atoms with Crippen LogP contribution in [-0.4, -0.2) is 37.5 Å². The zero-order valence-electron chi connectivity index (χ0n) is 15.4. The minimum Gasteiger partial charge on any atom is -0.465 e. The molecule has 0 atom stereocenters. The van der Waals surface area contributed by atoms with Crippen LogP contribution in [0.2, 0.25) is 0 Å². The van der Waals surface area contributed by atoms with Crippen molar-refractivity contribution in [3.05, 3.63) is 46.8 Å². The third-order valence-corrected chi connectivity index (χ3v) is 5.20. The standard InChI is InChI=1S/C17H20N4O5S/c1-5-12-10(2)18-16(19-11(12)3)20-17(23)21-27(24,25)14-9-7-6-8-13(14)15(22)26-4/h6-9H,5H2,1-4H3,(H2,18,19,20,21,23). The fourth-order valence-electron chi connectivity index (χ4n) is 2.59. The number of urea groups is 1. The van der Waals surface area contributed by atoms with E-state index in [1.54, 1.807) is 13.8 Å². The molecule has 2 aromatic rings. The fraction of sp³-hybridized carbons (Fsp3) is 0.294. The van der Waals surface area contributed by atoms with Crippen molar-refractivity contribution < 1.29 is 22.7 Å². The van der Waals surface area contributed by atoms with Crippen LogP contribution in [0.15, 0.2) is 29.2 Å². The Kier molecular flexibility index (Phi) is 6.11. The summed E-state index contributed by atoms with van der Waals surface area (Å²) in [5.41, 5.74) is 2.16. The van der Waals surface area contributed by atoms with E-state index in [4.69, 9.17) is 0 Å². The number of methoxy groups -OCH3 is 1. The van der Waals surface area contributed by atoms with Crippen LogP contribution < -0.4 is 10.0 Å². The first-order valence-electron chi connectivity index (χ1n) is 8.04. The second kappa shape index (κ2) is 8.12. The third-order valence-electron chi connectivity index (χ3n) is 3.81. The van der Waals surface area contributed by atoms with Crippen molar-refractivity contribution in [1.29, 1.82) is 0 Å². The molecule has 0 saturated carbocycles. The Hall–Kier alpha value is -3.01. The lowest BCUT2D eigenvalue weighted by molar-refractivity contribution is 0.0596. The zero-order valence-corrected chi connectivity index (χ0v) is 16.2. The Balaban J connectivity index is 2.24. The second-order valence-electron chi connectivity index (χ2n) is 5.60. The normalized spacial score (nSPS) is 11.0. The number of anilines is 1. The maximum Gasteiger partial charge on any atom is 0.339 e. The predicted octanol–water partition coefficient (Wildman–Crippen LogP) is 1.95. The average Bonchev–Trinajstić information content (AvgIpc) is 2.60. The molecule has 2 N–H and O–H groups in total. The van der Waals surface area contributed by atoms with E-state index in [2.05, 4.69) is 20.0 Å². The monoisotopic (exact) mass is 392 g/mol. The van der Waals surface area contributed by atoms with Gasteiger partial charge in [-0.05, 0) is 38.0 Å². The molecule has 2 amide bonds. The maximum atomic E-state index is 12.5. The molecule has 144 valence electrons. The van der Waals surface area contributed by atoms with Crippen LogP contribution in [0.25, 0.3) is 0 Å². The van der Waals surface area contributed by atoms with E-state index < -0.39 is 22.0 Å². The molecule has 1 aromatic carbocycles. The van der Waals surface area contributed by atoms with Crippen LogP contribution in [-0.2, 0) is 21.2 Å². The van der Waals surface area contributed by atoms with Crippen molar-refractivity contribution in [3.8, 4) is 0 Å². The van der Waals surface area contributed by atoms with E-state index in [0.29, 0.717) is 11.4 Å². The molecular weight excluding hydrogens is 372 g/mol. The van der Waals surface area contributed by atoms with Crippen molar-refractivity contribution in [3.63, 3.8) is 0 Å².